The highest BCUT2D eigenvalue weighted by molar-refractivity contribution is 7.98. The molecule has 0 fully saturated rings. The molecule has 3 aromatic heterocycles. The van der Waals surface area contributed by atoms with Gasteiger partial charge in [0.2, 0.25) is 5.95 Å². The van der Waals surface area contributed by atoms with Gasteiger partial charge in [-0.25, -0.2) is 4.98 Å². The van der Waals surface area contributed by atoms with Gasteiger partial charge in [-0.3, -0.25) is 0 Å². The molecule has 0 spiro atoms. The van der Waals surface area contributed by atoms with E-state index >= 15 is 0 Å². The lowest BCUT2D eigenvalue weighted by molar-refractivity contribution is 0.530. The van der Waals surface area contributed by atoms with Crippen LogP contribution in [0.3, 0.4) is 0 Å². The summed E-state index contributed by atoms with van der Waals surface area (Å²) in [5.74, 6) is 2.41. The summed E-state index contributed by atoms with van der Waals surface area (Å²) in [6, 6.07) is 3.76. The van der Waals surface area contributed by atoms with Crippen LogP contribution >= 0.6 is 11.8 Å². The van der Waals surface area contributed by atoms with Crippen molar-refractivity contribution >= 4 is 17.7 Å². The first-order valence-corrected chi connectivity index (χ1v) is 6.78. The third-order valence-electron chi connectivity index (χ3n) is 2.37. The summed E-state index contributed by atoms with van der Waals surface area (Å²) in [6.45, 7) is 0. The molecule has 0 bridgehead atoms. The average Bonchev–Trinajstić information content (AvgIpc) is 3.17. The standard InChI is InChI=1S/C11H11N7OS/c1-12-9-15-10(18-7-13-6-14-18)17-11(16-9)20-5-8-3-2-4-19-8/h2-4,6-7H,5H2,1H3,(H,12,15,16,17). The number of rotatable bonds is 5. The quantitative estimate of drug-likeness (QED) is 0.704. The van der Waals surface area contributed by atoms with Gasteiger partial charge < -0.3 is 9.73 Å². The Morgan fingerprint density at radius 1 is 1.35 bits per heavy atom. The molecule has 3 heterocycles. The van der Waals surface area contributed by atoms with Gasteiger partial charge in [-0.1, -0.05) is 11.8 Å². The number of aromatic nitrogens is 6. The van der Waals surface area contributed by atoms with E-state index in [1.807, 2.05) is 12.1 Å². The smallest absolute Gasteiger partial charge is 0.257 e. The summed E-state index contributed by atoms with van der Waals surface area (Å²) in [6.07, 6.45) is 4.61. The van der Waals surface area contributed by atoms with Crippen molar-refractivity contribution < 1.29 is 4.42 Å². The van der Waals surface area contributed by atoms with Gasteiger partial charge >= 0.3 is 0 Å². The topological polar surface area (TPSA) is 94.6 Å². The van der Waals surface area contributed by atoms with Crippen molar-refractivity contribution in [3.05, 3.63) is 36.8 Å². The molecular formula is C11H11N7OS. The summed E-state index contributed by atoms with van der Waals surface area (Å²) in [5, 5.41) is 7.50. The SMILES string of the molecule is CNc1nc(SCc2ccco2)nc(-n2cncn2)n1. The number of furan rings is 1. The van der Waals surface area contributed by atoms with E-state index in [1.54, 1.807) is 13.3 Å². The van der Waals surface area contributed by atoms with E-state index in [1.165, 1.54) is 29.1 Å². The average molecular weight is 289 g/mol. The highest BCUT2D eigenvalue weighted by Crippen LogP contribution is 2.20. The predicted octanol–water partition coefficient (Wildman–Crippen LogP) is 1.38. The van der Waals surface area contributed by atoms with Crippen molar-refractivity contribution in [3.8, 4) is 5.95 Å². The maximum atomic E-state index is 5.28. The third-order valence-corrected chi connectivity index (χ3v) is 3.24. The van der Waals surface area contributed by atoms with Crippen LogP contribution in [-0.4, -0.2) is 36.8 Å². The Balaban J connectivity index is 1.84. The Kier molecular flexibility index (Phi) is 3.59. The predicted molar refractivity (Wildman–Crippen MR) is 72.6 cm³/mol. The molecule has 0 saturated heterocycles. The highest BCUT2D eigenvalue weighted by atomic mass is 32.2. The molecule has 0 aliphatic heterocycles. The molecule has 0 radical (unpaired) electrons. The maximum absolute atomic E-state index is 5.28. The molecule has 8 nitrogen and oxygen atoms in total. The minimum Gasteiger partial charge on any atom is -0.468 e. The van der Waals surface area contributed by atoms with Crippen LogP contribution in [0, 0.1) is 0 Å². The Bertz CT molecular complexity index is 668. The molecule has 102 valence electrons. The van der Waals surface area contributed by atoms with Gasteiger partial charge in [-0.15, -0.1) is 0 Å². The second kappa shape index (κ2) is 5.70. The summed E-state index contributed by atoms with van der Waals surface area (Å²) in [4.78, 5) is 16.7. The second-order valence-corrected chi connectivity index (χ2v) is 4.64. The number of nitrogens with one attached hydrogen (secondary N) is 1. The maximum Gasteiger partial charge on any atom is 0.257 e. The highest BCUT2D eigenvalue weighted by Gasteiger charge is 2.09. The van der Waals surface area contributed by atoms with Crippen molar-refractivity contribution in [2.75, 3.05) is 12.4 Å². The Hall–Kier alpha value is -2.42. The molecule has 3 aromatic rings. The molecule has 1 N–H and O–H groups in total. The van der Waals surface area contributed by atoms with Gasteiger partial charge in [0.25, 0.3) is 5.95 Å². The monoisotopic (exact) mass is 289 g/mol. The van der Waals surface area contributed by atoms with Crippen molar-refractivity contribution in [2.24, 2.45) is 0 Å². The van der Waals surface area contributed by atoms with Crippen LogP contribution in [0.2, 0.25) is 0 Å². The zero-order valence-electron chi connectivity index (χ0n) is 10.6. The van der Waals surface area contributed by atoms with E-state index in [4.69, 9.17) is 4.42 Å². The van der Waals surface area contributed by atoms with E-state index in [9.17, 15) is 0 Å². The first-order chi connectivity index (χ1) is 9.85. The normalized spacial score (nSPS) is 10.7. The second-order valence-electron chi connectivity index (χ2n) is 3.70. The van der Waals surface area contributed by atoms with Crippen LogP contribution in [-0.2, 0) is 5.75 Å². The van der Waals surface area contributed by atoms with Crippen LogP contribution in [0.4, 0.5) is 5.95 Å². The van der Waals surface area contributed by atoms with E-state index in [2.05, 4.69) is 30.4 Å². The van der Waals surface area contributed by atoms with Gasteiger partial charge in [0, 0.05) is 7.05 Å². The molecule has 0 amide bonds. The Morgan fingerprint density at radius 3 is 3.00 bits per heavy atom. The fraction of sp³-hybridized carbons (Fsp3) is 0.182. The number of nitrogens with zero attached hydrogens (tertiary/aromatic N) is 6. The van der Waals surface area contributed by atoms with Crippen molar-refractivity contribution in [3.63, 3.8) is 0 Å². The Labute approximate surface area is 118 Å². The largest absolute Gasteiger partial charge is 0.468 e. The molecule has 0 atom stereocenters. The van der Waals surface area contributed by atoms with Crippen molar-refractivity contribution in [2.45, 2.75) is 10.9 Å². The van der Waals surface area contributed by atoms with Gasteiger partial charge in [0.05, 0.1) is 12.0 Å². The number of thioether (sulfide) groups is 1. The van der Waals surface area contributed by atoms with Crippen molar-refractivity contribution in [1.29, 1.82) is 0 Å². The molecule has 0 aliphatic rings. The van der Waals surface area contributed by atoms with Crippen LogP contribution in [0.15, 0.2) is 40.6 Å². The number of anilines is 1. The zero-order chi connectivity index (χ0) is 13.8. The van der Waals surface area contributed by atoms with Gasteiger partial charge in [-0.2, -0.15) is 24.7 Å². The van der Waals surface area contributed by atoms with Crippen LogP contribution < -0.4 is 5.32 Å². The minimum absolute atomic E-state index is 0.420. The first-order valence-electron chi connectivity index (χ1n) is 5.79. The van der Waals surface area contributed by atoms with Gasteiger partial charge in [0.1, 0.15) is 18.4 Å². The van der Waals surface area contributed by atoms with Gasteiger partial charge in [0.15, 0.2) is 5.16 Å². The lowest BCUT2D eigenvalue weighted by atomic mass is 10.5. The number of hydrogen-bond donors (Lipinski definition) is 1. The fourth-order valence-corrected chi connectivity index (χ4v) is 2.20. The minimum atomic E-state index is 0.420. The molecule has 9 heteroatoms. The first kappa shape index (κ1) is 12.6. The summed E-state index contributed by atoms with van der Waals surface area (Å²) >= 11 is 1.46. The Morgan fingerprint density at radius 2 is 2.30 bits per heavy atom. The lowest BCUT2D eigenvalue weighted by Gasteiger charge is -2.05. The van der Waals surface area contributed by atoms with Crippen molar-refractivity contribution in [1.82, 2.24) is 29.7 Å². The molecule has 0 aromatic carbocycles. The molecule has 3 rings (SSSR count). The third kappa shape index (κ3) is 2.77. The lowest BCUT2D eigenvalue weighted by Crippen LogP contribution is -2.07. The summed E-state index contributed by atoms with van der Waals surface area (Å²) in [7, 11) is 1.75. The summed E-state index contributed by atoms with van der Waals surface area (Å²) in [5.41, 5.74) is 0. The molecular weight excluding hydrogens is 278 g/mol. The fourth-order valence-electron chi connectivity index (χ4n) is 1.47. The molecule has 0 saturated carbocycles. The van der Waals surface area contributed by atoms with E-state index in [0.29, 0.717) is 22.8 Å². The molecule has 0 unspecified atom stereocenters. The van der Waals surface area contributed by atoms with Gasteiger partial charge in [-0.05, 0) is 12.1 Å². The van der Waals surface area contributed by atoms with E-state index < -0.39 is 0 Å². The number of hydrogen-bond acceptors (Lipinski definition) is 8. The molecule has 0 aliphatic carbocycles. The van der Waals surface area contributed by atoms with E-state index in [-0.39, 0.29) is 0 Å². The van der Waals surface area contributed by atoms with Crippen LogP contribution in [0.25, 0.3) is 5.95 Å². The van der Waals surface area contributed by atoms with Crippen LogP contribution in [0.1, 0.15) is 5.76 Å². The zero-order valence-corrected chi connectivity index (χ0v) is 11.4. The molecule has 20 heavy (non-hydrogen) atoms. The van der Waals surface area contributed by atoms with E-state index in [0.717, 1.165) is 5.76 Å². The van der Waals surface area contributed by atoms with Crippen LogP contribution in [0.5, 0.6) is 0 Å². The summed E-state index contributed by atoms with van der Waals surface area (Å²) < 4.78 is 6.76.